The molecule has 2 aromatic carbocycles. The van der Waals surface area contributed by atoms with Gasteiger partial charge in [-0.15, -0.1) is 0 Å². The summed E-state index contributed by atoms with van der Waals surface area (Å²) in [5.41, 5.74) is 4.81. The lowest BCUT2D eigenvalue weighted by atomic mass is 9.94. The van der Waals surface area contributed by atoms with E-state index < -0.39 is 0 Å². The molecule has 1 aliphatic rings. The average molecular weight is 340 g/mol. The standard InChI is InChI=1S/C18H14BrNO/c19-15-6-2-4-8-18(15)20-16-7-3-1-5-13(16)14-11-12(21)9-10-17(14)20/h1-8H,9-11H2. The zero-order chi connectivity index (χ0) is 14.4. The van der Waals surface area contributed by atoms with Crippen molar-refractivity contribution in [3.63, 3.8) is 0 Å². The van der Waals surface area contributed by atoms with Gasteiger partial charge in [-0.3, -0.25) is 4.79 Å². The highest BCUT2D eigenvalue weighted by atomic mass is 79.9. The van der Waals surface area contributed by atoms with Gasteiger partial charge in [0.2, 0.25) is 0 Å². The number of Topliss-reactive ketones (excluding diaryl/α,β-unsaturated/α-hetero) is 1. The summed E-state index contributed by atoms with van der Waals surface area (Å²) in [6.45, 7) is 0. The summed E-state index contributed by atoms with van der Waals surface area (Å²) in [5, 5.41) is 1.20. The van der Waals surface area contributed by atoms with Crippen LogP contribution in [0.25, 0.3) is 16.6 Å². The van der Waals surface area contributed by atoms with Crippen molar-refractivity contribution >= 4 is 32.6 Å². The molecule has 104 valence electrons. The minimum absolute atomic E-state index is 0.345. The topological polar surface area (TPSA) is 22.0 Å². The third-order valence-electron chi connectivity index (χ3n) is 4.20. The number of carbonyl (C=O) groups excluding carboxylic acids is 1. The van der Waals surface area contributed by atoms with Gasteiger partial charge < -0.3 is 4.57 Å². The van der Waals surface area contributed by atoms with E-state index >= 15 is 0 Å². The highest BCUT2D eigenvalue weighted by molar-refractivity contribution is 9.10. The van der Waals surface area contributed by atoms with Crippen molar-refractivity contribution in [3.8, 4) is 5.69 Å². The Morgan fingerprint density at radius 2 is 1.71 bits per heavy atom. The zero-order valence-electron chi connectivity index (χ0n) is 11.5. The van der Waals surface area contributed by atoms with Crippen molar-refractivity contribution in [1.82, 2.24) is 4.57 Å². The number of benzene rings is 2. The van der Waals surface area contributed by atoms with E-state index in [1.807, 2.05) is 12.1 Å². The molecule has 1 aliphatic carbocycles. The molecular weight excluding hydrogens is 326 g/mol. The van der Waals surface area contributed by atoms with Crippen molar-refractivity contribution in [2.24, 2.45) is 0 Å². The van der Waals surface area contributed by atoms with E-state index in [0.717, 1.165) is 16.6 Å². The molecule has 4 rings (SSSR count). The van der Waals surface area contributed by atoms with Crippen LogP contribution in [-0.2, 0) is 17.6 Å². The van der Waals surface area contributed by atoms with E-state index in [0.29, 0.717) is 18.6 Å². The molecule has 0 spiro atoms. The van der Waals surface area contributed by atoms with Gasteiger partial charge in [0.1, 0.15) is 5.78 Å². The second kappa shape index (κ2) is 4.85. The van der Waals surface area contributed by atoms with Crippen LogP contribution in [0.5, 0.6) is 0 Å². The monoisotopic (exact) mass is 339 g/mol. The summed E-state index contributed by atoms with van der Waals surface area (Å²) in [5.74, 6) is 0.345. The van der Waals surface area contributed by atoms with Gasteiger partial charge in [-0.25, -0.2) is 0 Å². The molecule has 3 heteroatoms. The predicted molar refractivity (Wildman–Crippen MR) is 88.0 cm³/mol. The lowest BCUT2D eigenvalue weighted by molar-refractivity contribution is -0.118. The zero-order valence-corrected chi connectivity index (χ0v) is 13.1. The van der Waals surface area contributed by atoms with E-state index in [-0.39, 0.29) is 0 Å². The molecule has 0 saturated carbocycles. The molecular formula is C18H14BrNO. The SMILES string of the molecule is O=C1CCc2c(c3ccccc3n2-c2ccccc2Br)C1. The summed E-state index contributed by atoms with van der Waals surface area (Å²) in [6, 6.07) is 16.6. The quantitative estimate of drug-likeness (QED) is 0.641. The Hall–Kier alpha value is -1.87. The van der Waals surface area contributed by atoms with Crippen LogP contribution in [0.15, 0.2) is 53.0 Å². The number of ketones is 1. The highest BCUT2D eigenvalue weighted by Gasteiger charge is 2.24. The fourth-order valence-electron chi connectivity index (χ4n) is 3.27. The molecule has 1 aromatic heterocycles. The van der Waals surface area contributed by atoms with Crippen LogP contribution in [-0.4, -0.2) is 10.4 Å². The number of rotatable bonds is 1. The van der Waals surface area contributed by atoms with Gasteiger partial charge in [0, 0.05) is 28.4 Å². The molecule has 21 heavy (non-hydrogen) atoms. The molecule has 0 radical (unpaired) electrons. The minimum atomic E-state index is 0.345. The van der Waals surface area contributed by atoms with E-state index in [1.165, 1.54) is 22.2 Å². The molecule has 0 amide bonds. The van der Waals surface area contributed by atoms with E-state index in [4.69, 9.17) is 0 Å². The number of para-hydroxylation sites is 2. The number of fused-ring (bicyclic) bond motifs is 3. The summed E-state index contributed by atoms with van der Waals surface area (Å²) < 4.78 is 3.38. The maximum atomic E-state index is 11.9. The van der Waals surface area contributed by atoms with Gasteiger partial charge in [0.25, 0.3) is 0 Å². The fraction of sp³-hybridized carbons (Fsp3) is 0.167. The maximum absolute atomic E-state index is 11.9. The molecule has 0 fully saturated rings. The molecule has 0 atom stereocenters. The van der Waals surface area contributed by atoms with Crippen molar-refractivity contribution in [3.05, 3.63) is 64.3 Å². The van der Waals surface area contributed by atoms with Gasteiger partial charge in [0.15, 0.2) is 0 Å². The first-order chi connectivity index (χ1) is 10.3. The Labute approximate surface area is 131 Å². The molecule has 1 heterocycles. The first kappa shape index (κ1) is 12.8. The van der Waals surface area contributed by atoms with Crippen molar-refractivity contribution in [2.75, 3.05) is 0 Å². The number of hydrogen-bond donors (Lipinski definition) is 0. The molecule has 0 aliphatic heterocycles. The van der Waals surface area contributed by atoms with Crippen molar-refractivity contribution < 1.29 is 4.79 Å². The predicted octanol–water partition coefficient (Wildman–Crippen LogP) is 4.45. The smallest absolute Gasteiger partial charge is 0.137 e. The average Bonchev–Trinajstić information content (AvgIpc) is 2.82. The first-order valence-electron chi connectivity index (χ1n) is 7.13. The minimum Gasteiger partial charge on any atom is -0.312 e. The van der Waals surface area contributed by atoms with Crippen LogP contribution in [0.3, 0.4) is 0 Å². The van der Waals surface area contributed by atoms with E-state index in [1.54, 1.807) is 0 Å². The summed E-state index contributed by atoms with van der Waals surface area (Å²) in [4.78, 5) is 11.9. The molecule has 0 N–H and O–H groups in total. The Morgan fingerprint density at radius 1 is 0.952 bits per heavy atom. The first-order valence-corrected chi connectivity index (χ1v) is 7.93. The number of carbonyl (C=O) groups is 1. The van der Waals surface area contributed by atoms with E-state index in [2.05, 4.69) is 56.9 Å². The van der Waals surface area contributed by atoms with Crippen LogP contribution in [0.1, 0.15) is 17.7 Å². The third kappa shape index (κ3) is 1.95. The van der Waals surface area contributed by atoms with Crippen LogP contribution in [0.4, 0.5) is 0 Å². The highest BCUT2D eigenvalue weighted by Crippen LogP contribution is 2.35. The largest absolute Gasteiger partial charge is 0.312 e. The summed E-state index contributed by atoms with van der Waals surface area (Å²) >= 11 is 3.66. The van der Waals surface area contributed by atoms with Gasteiger partial charge in [-0.1, -0.05) is 30.3 Å². The van der Waals surface area contributed by atoms with Crippen LogP contribution < -0.4 is 0 Å². The Balaban J connectivity index is 2.10. The number of hydrogen-bond acceptors (Lipinski definition) is 1. The second-order valence-electron chi connectivity index (χ2n) is 5.44. The maximum Gasteiger partial charge on any atom is 0.137 e. The van der Waals surface area contributed by atoms with Crippen molar-refractivity contribution in [1.29, 1.82) is 0 Å². The fourth-order valence-corrected chi connectivity index (χ4v) is 3.73. The number of halogens is 1. The molecule has 0 bridgehead atoms. The van der Waals surface area contributed by atoms with Crippen LogP contribution >= 0.6 is 15.9 Å². The van der Waals surface area contributed by atoms with Gasteiger partial charge in [-0.2, -0.15) is 0 Å². The summed E-state index contributed by atoms with van der Waals surface area (Å²) in [6.07, 6.45) is 2.03. The second-order valence-corrected chi connectivity index (χ2v) is 6.30. The Bertz CT molecular complexity index is 863. The van der Waals surface area contributed by atoms with Crippen LogP contribution in [0.2, 0.25) is 0 Å². The molecule has 0 unspecified atom stereocenters. The Kier molecular flexibility index (Phi) is 2.96. The lowest BCUT2D eigenvalue weighted by Gasteiger charge is -2.16. The normalized spacial score (nSPS) is 14.4. The molecule has 2 nitrogen and oxygen atoms in total. The van der Waals surface area contributed by atoms with Gasteiger partial charge in [0.05, 0.1) is 11.2 Å². The molecule has 0 saturated heterocycles. The van der Waals surface area contributed by atoms with E-state index in [9.17, 15) is 4.79 Å². The molecule has 3 aromatic rings. The van der Waals surface area contributed by atoms with Gasteiger partial charge >= 0.3 is 0 Å². The van der Waals surface area contributed by atoms with Crippen molar-refractivity contribution in [2.45, 2.75) is 19.3 Å². The Morgan fingerprint density at radius 3 is 2.57 bits per heavy atom. The van der Waals surface area contributed by atoms with Gasteiger partial charge in [-0.05, 0) is 46.1 Å². The third-order valence-corrected chi connectivity index (χ3v) is 4.87. The lowest BCUT2D eigenvalue weighted by Crippen LogP contribution is -2.15. The number of aromatic nitrogens is 1. The summed E-state index contributed by atoms with van der Waals surface area (Å²) in [7, 11) is 0. The number of nitrogens with zero attached hydrogens (tertiary/aromatic N) is 1. The van der Waals surface area contributed by atoms with Crippen LogP contribution in [0, 0.1) is 0 Å².